The van der Waals surface area contributed by atoms with Crippen LogP contribution in [0.3, 0.4) is 0 Å². The van der Waals surface area contributed by atoms with Gasteiger partial charge < -0.3 is 9.15 Å². The van der Waals surface area contributed by atoms with E-state index in [1.54, 1.807) is 43.3 Å². The number of ether oxygens (including phenoxy) is 1. The summed E-state index contributed by atoms with van der Waals surface area (Å²) in [5.41, 5.74) is 3.67. The number of nitro benzene ring substituents is 1. The lowest BCUT2D eigenvalue weighted by Crippen LogP contribution is -2.17. The highest BCUT2D eigenvalue weighted by atomic mass is 16.6. The zero-order valence-electron chi connectivity index (χ0n) is 15.9. The van der Waals surface area contributed by atoms with Crippen LogP contribution in [0.2, 0.25) is 0 Å². The number of carbonyl (C=O) groups excluding carboxylic acids is 2. The van der Waals surface area contributed by atoms with E-state index in [4.69, 9.17) is 9.15 Å². The van der Waals surface area contributed by atoms with Crippen LogP contribution in [0, 0.1) is 10.1 Å². The van der Waals surface area contributed by atoms with Crippen molar-refractivity contribution in [3.05, 3.63) is 87.7 Å². The predicted molar refractivity (Wildman–Crippen MR) is 108 cm³/mol. The lowest BCUT2D eigenvalue weighted by molar-refractivity contribution is -0.384. The summed E-state index contributed by atoms with van der Waals surface area (Å²) in [6, 6.07) is 15.3. The van der Waals surface area contributed by atoms with Gasteiger partial charge in [-0.1, -0.05) is 12.1 Å². The number of non-ortho nitro benzene ring substituents is 1. The van der Waals surface area contributed by atoms with E-state index in [1.165, 1.54) is 30.5 Å². The zero-order chi connectivity index (χ0) is 21.5. The van der Waals surface area contributed by atoms with Gasteiger partial charge in [0.05, 0.1) is 23.3 Å². The summed E-state index contributed by atoms with van der Waals surface area (Å²) in [5.74, 6) is 0.0691. The van der Waals surface area contributed by atoms with Gasteiger partial charge in [-0.15, -0.1) is 0 Å². The van der Waals surface area contributed by atoms with Crippen LogP contribution < -0.4 is 5.43 Å². The maximum absolute atomic E-state index is 12.0. The molecule has 0 atom stereocenters. The molecule has 2 aromatic carbocycles. The standard InChI is InChI=1S/C21H17N3O6/c1-2-29-21(26)16-5-3-14(4-6-16)19-12-11-18(30-19)13-22-23-20(25)15-7-9-17(10-8-15)24(27)28/h3-13H,2H2,1H3,(H,23,25)/b22-13+. The molecule has 1 N–H and O–H groups in total. The Bertz CT molecular complexity index is 1080. The van der Waals surface area contributed by atoms with E-state index < -0.39 is 10.8 Å². The Morgan fingerprint density at radius 3 is 2.37 bits per heavy atom. The molecule has 0 unspecified atom stereocenters. The van der Waals surface area contributed by atoms with E-state index in [0.29, 0.717) is 23.7 Å². The topological polar surface area (TPSA) is 124 Å². The average molecular weight is 407 g/mol. The average Bonchev–Trinajstić information content (AvgIpc) is 3.23. The molecule has 9 heteroatoms. The van der Waals surface area contributed by atoms with E-state index in [1.807, 2.05) is 0 Å². The number of hydrogen-bond acceptors (Lipinski definition) is 7. The third kappa shape index (κ3) is 4.96. The van der Waals surface area contributed by atoms with E-state index >= 15 is 0 Å². The highest BCUT2D eigenvalue weighted by Crippen LogP contribution is 2.22. The minimum atomic E-state index is -0.543. The number of amides is 1. The molecule has 1 amide bonds. The highest BCUT2D eigenvalue weighted by molar-refractivity contribution is 5.95. The number of hydrogen-bond donors (Lipinski definition) is 1. The Kier molecular flexibility index (Phi) is 6.33. The van der Waals surface area contributed by atoms with Crippen molar-refractivity contribution in [2.45, 2.75) is 6.92 Å². The molecule has 0 fully saturated rings. The summed E-state index contributed by atoms with van der Waals surface area (Å²) in [6.45, 7) is 2.05. The fourth-order valence-corrected chi connectivity index (χ4v) is 2.52. The molecule has 0 aliphatic carbocycles. The first-order chi connectivity index (χ1) is 14.5. The Labute approximate surface area is 171 Å². The van der Waals surface area contributed by atoms with Crippen molar-refractivity contribution in [2.24, 2.45) is 5.10 Å². The second-order valence-electron chi connectivity index (χ2n) is 6.00. The summed E-state index contributed by atoms with van der Waals surface area (Å²) >= 11 is 0. The molecule has 9 nitrogen and oxygen atoms in total. The van der Waals surface area contributed by atoms with Crippen molar-refractivity contribution in [3.63, 3.8) is 0 Å². The van der Waals surface area contributed by atoms with E-state index in [-0.39, 0.29) is 17.2 Å². The molecular weight excluding hydrogens is 390 g/mol. The summed E-state index contributed by atoms with van der Waals surface area (Å²) in [7, 11) is 0. The van der Waals surface area contributed by atoms with Gasteiger partial charge in [-0.25, -0.2) is 10.2 Å². The van der Waals surface area contributed by atoms with Crippen LogP contribution in [0.1, 0.15) is 33.4 Å². The molecule has 30 heavy (non-hydrogen) atoms. The number of carbonyl (C=O) groups is 2. The lowest BCUT2D eigenvalue weighted by atomic mass is 10.1. The number of benzene rings is 2. The van der Waals surface area contributed by atoms with Crippen molar-refractivity contribution in [2.75, 3.05) is 6.61 Å². The van der Waals surface area contributed by atoms with Crippen molar-refractivity contribution in [3.8, 4) is 11.3 Å². The first-order valence-electron chi connectivity index (χ1n) is 8.93. The van der Waals surface area contributed by atoms with Gasteiger partial charge in [0.25, 0.3) is 11.6 Å². The molecule has 3 rings (SSSR count). The van der Waals surface area contributed by atoms with E-state index in [9.17, 15) is 19.7 Å². The van der Waals surface area contributed by atoms with Gasteiger partial charge in [-0.2, -0.15) is 5.10 Å². The molecule has 0 aliphatic rings. The summed E-state index contributed by atoms with van der Waals surface area (Å²) < 4.78 is 10.6. The largest absolute Gasteiger partial charge is 0.462 e. The molecule has 3 aromatic rings. The van der Waals surface area contributed by atoms with Crippen LogP contribution in [0.25, 0.3) is 11.3 Å². The van der Waals surface area contributed by atoms with Crippen LogP contribution in [-0.4, -0.2) is 29.6 Å². The molecule has 152 valence electrons. The van der Waals surface area contributed by atoms with Crippen LogP contribution in [0.15, 0.2) is 70.2 Å². The van der Waals surface area contributed by atoms with Crippen molar-refractivity contribution >= 4 is 23.8 Å². The molecule has 1 aromatic heterocycles. The van der Waals surface area contributed by atoms with Gasteiger partial charge in [-0.05, 0) is 43.3 Å². The van der Waals surface area contributed by atoms with Gasteiger partial charge in [0, 0.05) is 23.3 Å². The maximum atomic E-state index is 12.0. The number of furan rings is 1. The minimum absolute atomic E-state index is 0.103. The summed E-state index contributed by atoms with van der Waals surface area (Å²) in [4.78, 5) is 33.8. The van der Waals surface area contributed by atoms with Crippen molar-refractivity contribution in [1.29, 1.82) is 0 Å². The second-order valence-corrected chi connectivity index (χ2v) is 6.00. The highest BCUT2D eigenvalue weighted by Gasteiger charge is 2.10. The normalized spacial score (nSPS) is 10.7. The van der Waals surface area contributed by atoms with Crippen LogP contribution in [0.4, 0.5) is 5.69 Å². The Morgan fingerprint density at radius 2 is 1.73 bits per heavy atom. The number of nitro groups is 1. The molecule has 1 heterocycles. The molecule has 0 saturated carbocycles. The first-order valence-corrected chi connectivity index (χ1v) is 8.93. The molecular formula is C21H17N3O6. The van der Waals surface area contributed by atoms with Crippen LogP contribution in [0.5, 0.6) is 0 Å². The quantitative estimate of drug-likeness (QED) is 0.275. The Hall–Kier alpha value is -4.27. The number of nitrogens with zero attached hydrogens (tertiary/aromatic N) is 2. The Morgan fingerprint density at radius 1 is 1.07 bits per heavy atom. The first kappa shape index (κ1) is 20.5. The fraction of sp³-hybridized carbons (Fsp3) is 0.0952. The molecule has 0 radical (unpaired) electrons. The summed E-state index contributed by atoms with van der Waals surface area (Å²) in [5, 5.41) is 14.5. The van der Waals surface area contributed by atoms with Gasteiger partial charge >= 0.3 is 5.97 Å². The number of hydrazone groups is 1. The molecule has 0 spiro atoms. The van der Waals surface area contributed by atoms with Crippen molar-refractivity contribution < 1.29 is 23.7 Å². The Balaban J connectivity index is 1.61. The van der Waals surface area contributed by atoms with E-state index in [2.05, 4.69) is 10.5 Å². The maximum Gasteiger partial charge on any atom is 0.338 e. The van der Waals surface area contributed by atoms with Gasteiger partial charge in [0.1, 0.15) is 11.5 Å². The summed E-state index contributed by atoms with van der Waals surface area (Å²) in [6.07, 6.45) is 1.33. The monoisotopic (exact) mass is 407 g/mol. The fourth-order valence-electron chi connectivity index (χ4n) is 2.52. The smallest absolute Gasteiger partial charge is 0.338 e. The van der Waals surface area contributed by atoms with Gasteiger partial charge in [0.15, 0.2) is 0 Å². The van der Waals surface area contributed by atoms with E-state index in [0.717, 1.165) is 5.56 Å². The van der Waals surface area contributed by atoms with Crippen LogP contribution in [-0.2, 0) is 4.74 Å². The number of rotatable bonds is 7. The number of esters is 1. The SMILES string of the molecule is CCOC(=O)c1ccc(-c2ccc(/C=N/NC(=O)c3ccc([N+](=O)[O-])cc3)o2)cc1. The molecule has 0 bridgehead atoms. The minimum Gasteiger partial charge on any atom is -0.462 e. The molecule has 0 saturated heterocycles. The van der Waals surface area contributed by atoms with Gasteiger partial charge in [-0.3, -0.25) is 14.9 Å². The zero-order valence-corrected chi connectivity index (χ0v) is 15.9. The number of nitrogens with one attached hydrogen (secondary N) is 1. The van der Waals surface area contributed by atoms with Gasteiger partial charge in [0.2, 0.25) is 0 Å². The third-order valence-electron chi connectivity index (χ3n) is 4.01. The second kappa shape index (κ2) is 9.28. The predicted octanol–water partition coefficient (Wildman–Crippen LogP) is 3.80. The third-order valence-corrected chi connectivity index (χ3v) is 4.01. The van der Waals surface area contributed by atoms with Crippen LogP contribution >= 0.6 is 0 Å². The lowest BCUT2D eigenvalue weighted by Gasteiger charge is -2.02. The molecule has 0 aliphatic heterocycles. The van der Waals surface area contributed by atoms with Crippen molar-refractivity contribution in [1.82, 2.24) is 5.43 Å².